The van der Waals surface area contributed by atoms with Crippen molar-refractivity contribution < 1.29 is 4.79 Å². The molecule has 5 heteroatoms. The van der Waals surface area contributed by atoms with Crippen LogP contribution in [0.3, 0.4) is 0 Å². The maximum absolute atomic E-state index is 13.3. The Balaban J connectivity index is 1.51. The zero-order valence-electron chi connectivity index (χ0n) is 16.1. The Kier molecular flexibility index (Phi) is 4.41. The summed E-state index contributed by atoms with van der Waals surface area (Å²) in [5.41, 5.74) is 2.22. The highest BCUT2D eigenvalue weighted by molar-refractivity contribution is 5.93. The normalized spacial score (nSPS) is 22.7. The molecule has 0 unspecified atom stereocenters. The minimum absolute atomic E-state index is 0.112. The van der Waals surface area contributed by atoms with E-state index in [-0.39, 0.29) is 17.0 Å². The van der Waals surface area contributed by atoms with Crippen molar-refractivity contribution in [3.8, 4) is 0 Å². The Morgan fingerprint density at radius 2 is 1.89 bits per heavy atom. The standard InChI is InChI=1S/C22H27N3O2/c1-16-14-17(2)25(20(27)24-16)13-12-23-19(26)22(18-8-4-3-5-9-18)15-21(22)10-6-7-11-21/h3-5,8-9,14H,6-7,10-13,15H2,1-2H3,(H,23,26)/t22-/m0/s1. The first kappa shape index (κ1) is 18.0. The third-order valence-corrected chi connectivity index (χ3v) is 6.57. The van der Waals surface area contributed by atoms with E-state index in [0.717, 1.165) is 36.2 Å². The van der Waals surface area contributed by atoms with Crippen LogP contribution in [-0.4, -0.2) is 22.0 Å². The molecule has 1 heterocycles. The van der Waals surface area contributed by atoms with Gasteiger partial charge in [0, 0.05) is 24.5 Å². The summed E-state index contributed by atoms with van der Waals surface area (Å²) in [7, 11) is 0. The molecule has 1 amide bonds. The van der Waals surface area contributed by atoms with Gasteiger partial charge in [0.25, 0.3) is 0 Å². The van der Waals surface area contributed by atoms with Crippen LogP contribution < -0.4 is 11.0 Å². The predicted octanol–water partition coefficient (Wildman–Crippen LogP) is 2.88. The van der Waals surface area contributed by atoms with Crippen LogP contribution in [0, 0.1) is 19.3 Å². The minimum atomic E-state index is -0.393. The monoisotopic (exact) mass is 365 g/mol. The highest BCUT2D eigenvalue weighted by Crippen LogP contribution is 2.72. The van der Waals surface area contributed by atoms with Crippen LogP contribution >= 0.6 is 0 Å². The first-order valence-corrected chi connectivity index (χ1v) is 9.87. The first-order valence-electron chi connectivity index (χ1n) is 9.87. The second-order valence-corrected chi connectivity index (χ2v) is 8.16. The number of carbonyl (C=O) groups excluding carboxylic acids is 1. The van der Waals surface area contributed by atoms with Crippen molar-refractivity contribution in [2.24, 2.45) is 5.41 Å². The van der Waals surface area contributed by atoms with E-state index in [2.05, 4.69) is 22.4 Å². The van der Waals surface area contributed by atoms with Crippen molar-refractivity contribution in [1.82, 2.24) is 14.9 Å². The molecule has 142 valence electrons. The Hall–Kier alpha value is -2.43. The molecule has 1 atom stereocenters. The molecule has 4 rings (SSSR count). The van der Waals surface area contributed by atoms with Crippen molar-refractivity contribution in [3.05, 3.63) is 63.8 Å². The van der Waals surface area contributed by atoms with Crippen LogP contribution in [0.25, 0.3) is 0 Å². The van der Waals surface area contributed by atoms with Gasteiger partial charge in [0.15, 0.2) is 0 Å². The molecule has 1 aromatic heterocycles. The van der Waals surface area contributed by atoms with Gasteiger partial charge in [-0.3, -0.25) is 9.36 Å². The van der Waals surface area contributed by atoms with Gasteiger partial charge in [0.2, 0.25) is 5.91 Å². The summed E-state index contributed by atoms with van der Waals surface area (Å²) in [5, 5.41) is 3.13. The average Bonchev–Trinajstić information content (AvgIpc) is 3.05. The maximum atomic E-state index is 13.3. The fourth-order valence-electron chi connectivity index (χ4n) is 5.18. The molecule has 5 nitrogen and oxygen atoms in total. The van der Waals surface area contributed by atoms with Crippen LogP contribution in [0.2, 0.25) is 0 Å². The van der Waals surface area contributed by atoms with E-state index >= 15 is 0 Å². The van der Waals surface area contributed by atoms with Crippen LogP contribution in [0.5, 0.6) is 0 Å². The third kappa shape index (κ3) is 2.89. The van der Waals surface area contributed by atoms with Crippen molar-refractivity contribution in [3.63, 3.8) is 0 Å². The van der Waals surface area contributed by atoms with Gasteiger partial charge in [0.05, 0.1) is 5.41 Å². The molecule has 1 N–H and O–H groups in total. The van der Waals surface area contributed by atoms with Crippen molar-refractivity contribution in [1.29, 1.82) is 0 Å². The fraction of sp³-hybridized carbons (Fsp3) is 0.500. The highest BCUT2D eigenvalue weighted by Gasteiger charge is 2.72. The number of aryl methyl sites for hydroxylation is 2. The lowest BCUT2D eigenvalue weighted by Gasteiger charge is -2.23. The Labute approximate surface area is 159 Å². The largest absolute Gasteiger partial charge is 0.354 e. The van der Waals surface area contributed by atoms with E-state index in [1.165, 1.54) is 12.8 Å². The summed E-state index contributed by atoms with van der Waals surface area (Å²) in [6.07, 6.45) is 5.64. The van der Waals surface area contributed by atoms with Gasteiger partial charge in [-0.25, -0.2) is 4.79 Å². The number of nitrogens with zero attached hydrogens (tertiary/aromatic N) is 2. The van der Waals surface area contributed by atoms with Crippen molar-refractivity contribution >= 4 is 5.91 Å². The summed E-state index contributed by atoms with van der Waals surface area (Å²) in [6, 6.07) is 12.1. The van der Waals surface area contributed by atoms with Gasteiger partial charge >= 0.3 is 5.69 Å². The van der Waals surface area contributed by atoms with Crippen LogP contribution in [0.15, 0.2) is 41.2 Å². The molecule has 1 aromatic carbocycles. The summed E-state index contributed by atoms with van der Waals surface area (Å²) in [6.45, 7) is 4.60. The number of amides is 1. The smallest absolute Gasteiger partial charge is 0.348 e. The van der Waals surface area contributed by atoms with E-state index in [0.29, 0.717) is 13.1 Å². The predicted molar refractivity (Wildman–Crippen MR) is 105 cm³/mol. The molecule has 2 saturated carbocycles. The van der Waals surface area contributed by atoms with Gasteiger partial charge in [-0.15, -0.1) is 0 Å². The average molecular weight is 365 g/mol. The Morgan fingerprint density at radius 3 is 2.56 bits per heavy atom. The Bertz CT molecular complexity index is 913. The molecule has 2 aliphatic carbocycles. The lowest BCUT2D eigenvalue weighted by molar-refractivity contribution is -0.124. The molecule has 0 bridgehead atoms. The van der Waals surface area contributed by atoms with E-state index in [1.54, 1.807) is 4.57 Å². The molecular formula is C22H27N3O2. The number of hydrogen-bond donors (Lipinski definition) is 1. The quantitative estimate of drug-likeness (QED) is 0.886. The molecule has 27 heavy (non-hydrogen) atoms. The zero-order valence-corrected chi connectivity index (χ0v) is 16.1. The Morgan fingerprint density at radius 1 is 1.19 bits per heavy atom. The molecular weight excluding hydrogens is 338 g/mol. The molecule has 1 spiro atoms. The number of nitrogens with one attached hydrogen (secondary N) is 1. The number of aromatic nitrogens is 2. The van der Waals surface area contributed by atoms with Crippen molar-refractivity contribution in [2.45, 2.75) is 57.9 Å². The van der Waals surface area contributed by atoms with Gasteiger partial charge in [0.1, 0.15) is 0 Å². The lowest BCUT2D eigenvalue weighted by Crippen LogP contribution is -2.41. The summed E-state index contributed by atoms with van der Waals surface area (Å²) in [5.74, 6) is 0.112. The van der Waals surface area contributed by atoms with E-state index in [9.17, 15) is 9.59 Å². The number of hydrogen-bond acceptors (Lipinski definition) is 3. The first-order chi connectivity index (χ1) is 13.0. The highest BCUT2D eigenvalue weighted by atomic mass is 16.2. The van der Waals surface area contributed by atoms with E-state index in [1.807, 2.05) is 38.1 Å². The molecule has 2 aromatic rings. The molecule has 0 aliphatic heterocycles. The van der Waals surface area contributed by atoms with Gasteiger partial charge in [-0.05, 0) is 50.2 Å². The van der Waals surface area contributed by atoms with Gasteiger partial charge < -0.3 is 5.32 Å². The fourth-order valence-corrected chi connectivity index (χ4v) is 5.18. The van der Waals surface area contributed by atoms with Gasteiger partial charge in [-0.1, -0.05) is 43.2 Å². The number of carbonyl (C=O) groups is 1. The topological polar surface area (TPSA) is 64.0 Å². The van der Waals surface area contributed by atoms with E-state index in [4.69, 9.17) is 0 Å². The van der Waals surface area contributed by atoms with Crippen LogP contribution in [0.1, 0.15) is 49.1 Å². The second kappa shape index (κ2) is 6.63. The molecule has 0 radical (unpaired) electrons. The molecule has 2 fully saturated rings. The summed E-state index contributed by atoms with van der Waals surface area (Å²) < 4.78 is 1.63. The second-order valence-electron chi connectivity index (χ2n) is 8.16. The molecule has 0 saturated heterocycles. The van der Waals surface area contributed by atoms with Crippen molar-refractivity contribution in [2.75, 3.05) is 6.54 Å². The zero-order chi connectivity index (χ0) is 19.1. The number of rotatable bonds is 5. The maximum Gasteiger partial charge on any atom is 0.348 e. The van der Waals surface area contributed by atoms with E-state index < -0.39 is 5.41 Å². The van der Waals surface area contributed by atoms with Crippen LogP contribution in [-0.2, 0) is 16.8 Å². The minimum Gasteiger partial charge on any atom is -0.354 e. The molecule has 2 aliphatic rings. The SMILES string of the molecule is Cc1cc(C)n(CCNC(=O)[C@@]2(c3ccccc3)CC23CCCC3)c(=O)n1. The number of benzene rings is 1. The third-order valence-electron chi connectivity index (χ3n) is 6.57. The summed E-state index contributed by atoms with van der Waals surface area (Å²) in [4.78, 5) is 29.4. The summed E-state index contributed by atoms with van der Waals surface area (Å²) >= 11 is 0. The van der Waals surface area contributed by atoms with Crippen LogP contribution in [0.4, 0.5) is 0 Å². The van der Waals surface area contributed by atoms with Gasteiger partial charge in [-0.2, -0.15) is 4.98 Å². The lowest BCUT2D eigenvalue weighted by atomic mass is 9.84.